The van der Waals surface area contributed by atoms with Crippen molar-refractivity contribution in [1.82, 2.24) is 25.2 Å². The van der Waals surface area contributed by atoms with E-state index in [1.165, 1.54) is 13.3 Å². The average Bonchev–Trinajstić information content (AvgIpc) is 3.34. The molecule has 3 N–H and O–H groups in total. The number of nitrogens with two attached hydrogens (primary N) is 1. The van der Waals surface area contributed by atoms with Gasteiger partial charge in [-0.1, -0.05) is 19.0 Å². The number of hydrogen-bond donors (Lipinski definition) is 2. The minimum atomic E-state index is -0.383. The van der Waals surface area contributed by atoms with Crippen LogP contribution in [-0.2, 0) is 17.9 Å². The van der Waals surface area contributed by atoms with E-state index in [0.717, 1.165) is 18.0 Å². The Hall–Kier alpha value is -3.61. The first-order valence-electron chi connectivity index (χ1n) is 12.7. The minimum Gasteiger partial charge on any atom is -0.486 e. The summed E-state index contributed by atoms with van der Waals surface area (Å²) in [6, 6.07) is 5.38. The molecule has 3 aromatic heterocycles. The third-order valence-corrected chi connectivity index (χ3v) is 6.32. The molecule has 5 heterocycles. The van der Waals surface area contributed by atoms with E-state index in [1.54, 1.807) is 18.3 Å². The Morgan fingerprint density at radius 1 is 1.18 bits per heavy atom. The first-order chi connectivity index (χ1) is 18.6. The van der Waals surface area contributed by atoms with Gasteiger partial charge < -0.3 is 24.5 Å². The Bertz CT molecular complexity index is 1260. The number of nitrogens with zero attached hydrogens (tertiary/aromatic N) is 5. The number of oxime groups is 1. The normalized spacial score (nSPS) is 17.8. The Labute approximate surface area is 221 Å². The Kier molecular flexibility index (Phi) is 9.57. The number of ether oxygens (including phenoxy) is 3. The molecule has 5 rings (SSSR count). The fourth-order valence-electron chi connectivity index (χ4n) is 4.52. The molecule has 204 valence electrons. The molecule has 11 nitrogen and oxygen atoms in total. The van der Waals surface area contributed by atoms with Gasteiger partial charge in [0.1, 0.15) is 19.0 Å². The van der Waals surface area contributed by atoms with Crippen molar-refractivity contribution in [2.24, 2.45) is 17.0 Å². The van der Waals surface area contributed by atoms with Gasteiger partial charge in [-0.2, -0.15) is 0 Å². The maximum absolute atomic E-state index is 14.7. The lowest BCUT2D eigenvalue weighted by molar-refractivity contribution is 0.147. The quantitative estimate of drug-likeness (QED) is 0.400. The Morgan fingerprint density at radius 3 is 2.79 bits per heavy atom. The number of likely N-dealkylation sites (tertiary alicyclic amines) is 1. The molecular formula is C26H34FN7O4. The molecule has 3 aromatic rings. The molecule has 12 heteroatoms. The van der Waals surface area contributed by atoms with Crippen molar-refractivity contribution >= 4 is 16.7 Å². The van der Waals surface area contributed by atoms with E-state index in [0.29, 0.717) is 79.8 Å². The van der Waals surface area contributed by atoms with Crippen LogP contribution >= 0.6 is 0 Å². The summed E-state index contributed by atoms with van der Waals surface area (Å²) in [4.78, 5) is 19.8. The fourth-order valence-corrected chi connectivity index (χ4v) is 4.52. The molecule has 0 unspecified atom stereocenters. The molecule has 0 saturated carbocycles. The van der Waals surface area contributed by atoms with E-state index >= 15 is 0 Å². The summed E-state index contributed by atoms with van der Waals surface area (Å²) in [6.07, 6.45) is 3.39. The third kappa shape index (κ3) is 6.44. The monoisotopic (exact) mass is 527 g/mol. The van der Waals surface area contributed by atoms with E-state index in [9.17, 15) is 4.39 Å². The van der Waals surface area contributed by atoms with Gasteiger partial charge in [-0.05, 0) is 12.5 Å². The van der Waals surface area contributed by atoms with Gasteiger partial charge in [0.25, 0.3) is 0 Å². The van der Waals surface area contributed by atoms with Crippen molar-refractivity contribution in [2.45, 2.75) is 26.8 Å². The highest BCUT2D eigenvalue weighted by molar-refractivity contribution is 5.90. The van der Waals surface area contributed by atoms with Crippen LogP contribution in [0.1, 0.15) is 25.1 Å². The van der Waals surface area contributed by atoms with Crippen molar-refractivity contribution < 1.29 is 23.5 Å². The lowest BCUT2D eigenvalue weighted by atomic mass is 10.1. The van der Waals surface area contributed by atoms with Crippen molar-refractivity contribution in [3.05, 3.63) is 47.7 Å². The van der Waals surface area contributed by atoms with Gasteiger partial charge >= 0.3 is 0 Å². The van der Waals surface area contributed by atoms with Gasteiger partial charge in [0.2, 0.25) is 5.88 Å². The van der Waals surface area contributed by atoms with Crippen LogP contribution in [0.2, 0.25) is 0 Å². The highest BCUT2D eigenvalue weighted by atomic mass is 19.1. The molecule has 1 fully saturated rings. The number of methoxy groups -OCH3 is 1. The predicted octanol–water partition coefficient (Wildman–Crippen LogP) is 2.48. The summed E-state index contributed by atoms with van der Waals surface area (Å²) in [5, 5.41) is 7.46. The minimum absolute atomic E-state index is 0.0861. The van der Waals surface area contributed by atoms with Crippen LogP contribution in [0.25, 0.3) is 11.0 Å². The van der Waals surface area contributed by atoms with Crippen molar-refractivity contribution in [2.75, 3.05) is 46.5 Å². The van der Waals surface area contributed by atoms with Crippen molar-refractivity contribution in [1.29, 1.82) is 0 Å². The maximum Gasteiger partial charge on any atom is 0.213 e. The van der Waals surface area contributed by atoms with E-state index in [4.69, 9.17) is 20.1 Å². The highest BCUT2D eigenvalue weighted by Crippen LogP contribution is 2.29. The summed E-state index contributed by atoms with van der Waals surface area (Å²) < 4.78 is 31.0. The molecule has 1 saturated heterocycles. The predicted molar refractivity (Wildman–Crippen MR) is 141 cm³/mol. The van der Waals surface area contributed by atoms with E-state index in [1.807, 2.05) is 19.9 Å². The van der Waals surface area contributed by atoms with Crippen LogP contribution in [0, 0.1) is 11.7 Å². The molecule has 38 heavy (non-hydrogen) atoms. The largest absolute Gasteiger partial charge is 0.486 e. The SMILES string of the molecule is CC.COc1ccc2ncc(F)c(CCN3C/C(=N\ON)[C@H](CNCc4cc5c(cn4)OCCO5)C3)c2n1. The van der Waals surface area contributed by atoms with E-state index in [2.05, 4.69) is 35.3 Å². The Morgan fingerprint density at radius 2 is 2.00 bits per heavy atom. The first-order valence-corrected chi connectivity index (χ1v) is 12.7. The molecule has 2 aliphatic rings. The zero-order chi connectivity index (χ0) is 26.9. The van der Waals surface area contributed by atoms with Gasteiger partial charge in [0.15, 0.2) is 11.5 Å². The second-order valence-electron chi connectivity index (χ2n) is 8.63. The molecule has 0 spiro atoms. The topological polar surface area (TPSA) is 129 Å². The van der Waals surface area contributed by atoms with Gasteiger partial charge in [0.05, 0.1) is 41.9 Å². The number of rotatable bonds is 9. The standard InChI is InChI=1S/C24H28FN7O4.C2H6/c1-33-23-3-2-19-24(30-23)17(18(25)11-29-19)4-5-32-13-15(20(14-32)31-36-26)9-27-10-16-8-21-22(12-28-16)35-7-6-34-21;1-2/h2-3,8,11-12,15,27H,4-7,9-10,13-14,26H2,1H3;1-2H3/b31-20+;/t15-;/m1./s1. The summed E-state index contributed by atoms with van der Waals surface area (Å²) in [7, 11) is 1.53. The molecule has 0 aromatic carbocycles. The second-order valence-corrected chi connectivity index (χ2v) is 8.63. The van der Waals surface area contributed by atoms with E-state index in [-0.39, 0.29) is 11.7 Å². The number of aromatic nitrogens is 3. The zero-order valence-electron chi connectivity index (χ0n) is 21.9. The summed E-state index contributed by atoms with van der Waals surface area (Å²) in [6.45, 7) is 8.19. The highest BCUT2D eigenvalue weighted by Gasteiger charge is 2.30. The van der Waals surface area contributed by atoms with E-state index < -0.39 is 0 Å². The number of fused-ring (bicyclic) bond motifs is 2. The maximum atomic E-state index is 14.7. The smallest absolute Gasteiger partial charge is 0.213 e. The van der Waals surface area contributed by atoms with Gasteiger partial charge in [-0.3, -0.25) is 14.9 Å². The summed E-state index contributed by atoms with van der Waals surface area (Å²) >= 11 is 0. The van der Waals surface area contributed by atoms with Crippen molar-refractivity contribution in [3.63, 3.8) is 0 Å². The summed E-state index contributed by atoms with van der Waals surface area (Å²) in [5.41, 5.74) is 3.34. The third-order valence-electron chi connectivity index (χ3n) is 6.32. The van der Waals surface area contributed by atoms with Crippen LogP contribution in [0.4, 0.5) is 4.39 Å². The van der Waals surface area contributed by atoms with Crippen LogP contribution in [-0.4, -0.2) is 72.1 Å². The lowest BCUT2D eigenvalue weighted by Gasteiger charge is -2.18. The zero-order valence-corrected chi connectivity index (χ0v) is 21.9. The molecule has 0 aliphatic carbocycles. The van der Waals surface area contributed by atoms with Crippen LogP contribution in [0.5, 0.6) is 17.4 Å². The number of nitrogens with one attached hydrogen (secondary N) is 1. The number of hydrogen-bond acceptors (Lipinski definition) is 11. The first kappa shape index (κ1) is 27.4. The van der Waals surface area contributed by atoms with Gasteiger partial charge in [-0.25, -0.2) is 9.37 Å². The number of halogens is 1. The van der Waals surface area contributed by atoms with Crippen LogP contribution < -0.4 is 25.4 Å². The molecule has 1 atom stereocenters. The fraction of sp³-hybridized carbons (Fsp3) is 0.462. The molecule has 0 amide bonds. The van der Waals surface area contributed by atoms with Crippen LogP contribution in [0.3, 0.4) is 0 Å². The van der Waals surface area contributed by atoms with Gasteiger partial charge in [0, 0.05) is 56.3 Å². The lowest BCUT2D eigenvalue weighted by Crippen LogP contribution is -2.29. The average molecular weight is 528 g/mol. The number of pyridine rings is 3. The van der Waals surface area contributed by atoms with Crippen molar-refractivity contribution in [3.8, 4) is 17.4 Å². The van der Waals surface area contributed by atoms with Gasteiger partial charge in [-0.15, -0.1) is 5.90 Å². The molecule has 0 radical (unpaired) electrons. The van der Waals surface area contributed by atoms with Crippen LogP contribution in [0.15, 0.2) is 35.7 Å². The summed E-state index contributed by atoms with van der Waals surface area (Å²) in [5.74, 6) is 6.74. The Balaban J connectivity index is 0.00000164. The molecule has 0 bridgehead atoms. The molecule has 2 aliphatic heterocycles. The molecular weight excluding hydrogens is 493 g/mol. The second kappa shape index (κ2) is 13.3.